The number of β-amino-alcohol motifs (C(OH)–C–C–N with tert-alkyl or cyclic N) is 1. The standard InChI is InChI=1S/C12H20N4O/c13-4-1-2-12(3-5-14)16-8-6-15(7-9-16)10-11-17/h12,17H,1-3,6-11H2. The van der Waals surface area contributed by atoms with Crippen molar-refractivity contribution in [2.75, 3.05) is 39.3 Å². The second kappa shape index (κ2) is 8.03. The Morgan fingerprint density at radius 3 is 2.35 bits per heavy atom. The average molecular weight is 236 g/mol. The predicted molar refractivity (Wildman–Crippen MR) is 64.0 cm³/mol. The van der Waals surface area contributed by atoms with Crippen LogP contribution in [0.3, 0.4) is 0 Å². The molecule has 0 saturated carbocycles. The molecule has 0 bridgehead atoms. The Kier molecular flexibility index (Phi) is 6.57. The van der Waals surface area contributed by atoms with E-state index in [9.17, 15) is 0 Å². The highest BCUT2D eigenvalue weighted by molar-refractivity contribution is 4.87. The summed E-state index contributed by atoms with van der Waals surface area (Å²) in [5, 5.41) is 26.3. The summed E-state index contributed by atoms with van der Waals surface area (Å²) in [7, 11) is 0. The van der Waals surface area contributed by atoms with Gasteiger partial charge in [0.25, 0.3) is 0 Å². The van der Waals surface area contributed by atoms with Crippen LogP contribution < -0.4 is 0 Å². The summed E-state index contributed by atoms with van der Waals surface area (Å²) in [5.41, 5.74) is 0. The third kappa shape index (κ3) is 4.70. The van der Waals surface area contributed by atoms with Gasteiger partial charge in [-0.2, -0.15) is 10.5 Å². The van der Waals surface area contributed by atoms with Gasteiger partial charge in [0.2, 0.25) is 0 Å². The average Bonchev–Trinajstić information content (AvgIpc) is 2.36. The Labute approximate surface area is 103 Å². The van der Waals surface area contributed by atoms with Gasteiger partial charge in [0.05, 0.1) is 25.2 Å². The van der Waals surface area contributed by atoms with Crippen LogP contribution in [0, 0.1) is 22.7 Å². The van der Waals surface area contributed by atoms with Crippen LogP contribution in [0.25, 0.3) is 0 Å². The van der Waals surface area contributed by atoms with Crippen LogP contribution in [0.2, 0.25) is 0 Å². The third-order valence-electron chi connectivity index (χ3n) is 3.26. The second-order valence-electron chi connectivity index (χ2n) is 4.31. The maximum Gasteiger partial charge on any atom is 0.0638 e. The summed E-state index contributed by atoms with van der Waals surface area (Å²) in [6.45, 7) is 4.67. The van der Waals surface area contributed by atoms with E-state index in [-0.39, 0.29) is 12.6 Å². The van der Waals surface area contributed by atoms with Gasteiger partial charge in [-0.15, -0.1) is 0 Å². The summed E-state index contributed by atoms with van der Waals surface area (Å²) in [5.74, 6) is 0. The van der Waals surface area contributed by atoms with Crippen molar-refractivity contribution in [3.05, 3.63) is 0 Å². The van der Waals surface area contributed by atoms with E-state index in [2.05, 4.69) is 21.9 Å². The number of piperazine rings is 1. The van der Waals surface area contributed by atoms with E-state index in [1.54, 1.807) is 0 Å². The molecule has 0 aromatic carbocycles. The minimum absolute atomic E-state index is 0.204. The molecular formula is C12H20N4O. The van der Waals surface area contributed by atoms with Crippen molar-refractivity contribution in [2.45, 2.75) is 25.3 Å². The molecule has 0 amide bonds. The van der Waals surface area contributed by atoms with Crippen LogP contribution >= 0.6 is 0 Å². The van der Waals surface area contributed by atoms with Gasteiger partial charge in [0, 0.05) is 45.2 Å². The first-order valence-corrected chi connectivity index (χ1v) is 6.13. The molecule has 1 N–H and O–H groups in total. The summed E-state index contributed by atoms with van der Waals surface area (Å²) in [6, 6.07) is 4.57. The molecule has 1 fully saturated rings. The number of aliphatic hydroxyl groups excluding tert-OH is 1. The highest BCUT2D eigenvalue weighted by Crippen LogP contribution is 2.13. The highest BCUT2D eigenvalue weighted by Gasteiger charge is 2.22. The van der Waals surface area contributed by atoms with Crippen LogP contribution in [0.5, 0.6) is 0 Å². The number of hydrogen-bond acceptors (Lipinski definition) is 5. The molecule has 1 unspecified atom stereocenters. The fourth-order valence-corrected chi connectivity index (χ4v) is 2.24. The number of nitriles is 2. The highest BCUT2D eigenvalue weighted by atomic mass is 16.3. The molecule has 1 aliphatic rings. The molecular weight excluding hydrogens is 216 g/mol. The number of rotatable bonds is 6. The molecule has 0 radical (unpaired) electrons. The molecule has 94 valence electrons. The lowest BCUT2D eigenvalue weighted by Crippen LogP contribution is -2.50. The number of hydrogen-bond donors (Lipinski definition) is 1. The monoisotopic (exact) mass is 236 g/mol. The Balaban J connectivity index is 2.38. The smallest absolute Gasteiger partial charge is 0.0638 e. The first kappa shape index (κ1) is 13.9. The van der Waals surface area contributed by atoms with Gasteiger partial charge in [-0.05, 0) is 6.42 Å². The maximum atomic E-state index is 8.86. The minimum atomic E-state index is 0.204. The van der Waals surface area contributed by atoms with Crippen molar-refractivity contribution in [3.8, 4) is 12.1 Å². The maximum absolute atomic E-state index is 8.86. The fraction of sp³-hybridized carbons (Fsp3) is 0.833. The zero-order valence-electron chi connectivity index (χ0n) is 10.2. The Morgan fingerprint density at radius 2 is 1.82 bits per heavy atom. The van der Waals surface area contributed by atoms with Gasteiger partial charge in [0.1, 0.15) is 0 Å². The van der Waals surface area contributed by atoms with Gasteiger partial charge >= 0.3 is 0 Å². The van der Waals surface area contributed by atoms with Gasteiger partial charge in [-0.1, -0.05) is 0 Å². The van der Waals surface area contributed by atoms with Crippen molar-refractivity contribution >= 4 is 0 Å². The summed E-state index contributed by atoms with van der Waals surface area (Å²) < 4.78 is 0. The van der Waals surface area contributed by atoms with Crippen molar-refractivity contribution in [2.24, 2.45) is 0 Å². The van der Waals surface area contributed by atoms with Gasteiger partial charge in [-0.25, -0.2) is 0 Å². The molecule has 5 heteroatoms. The van der Waals surface area contributed by atoms with E-state index < -0.39 is 0 Å². The second-order valence-corrected chi connectivity index (χ2v) is 4.31. The molecule has 1 saturated heterocycles. The first-order valence-electron chi connectivity index (χ1n) is 6.13. The zero-order chi connectivity index (χ0) is 12.5. The van der Waals surface area contributed by atoms with E-state index in [0.717, 1.165) is 39.1 Å². The SMILES string of the molecule is N#CCCC(CC#N)N1CCN(CCO)CC1. The molecule has 0 aromatic rings. The van der Waals surface area contributed by atoms with Crippen LogP contribution in [0.1, 0.15) is 19.3 Å². The van der Waals surface area contributed by atoms with E-state index in [0.29, 0.717) is 12.8 Å². The zero-order valence-corrected chi connectivity index (χ0v) is 10.2. The summed E-state index contributed by atoms with van der Waals surface area (Å²) in [6.07, 6.45) is 1.80. The van der Waals surface area contributed by atoms with E-state index in [1.807, 2.05) is 0 Å². The van der Waals surface area contributed by atoms with Gasteiger partial charge in [0.15, 0.2) is 0 Å². The Hall–Kier alpha value is -1.14. The van der Waals surface area contributed by atoms with E-state index in [1.165, 1.54) is 0 Å². The molecule has 1 atom stereocenters. The van der Waals surface area contributed by atoms with Crippen LogP contribution in [-0.2, 0) is 0 Å². The van der Waals surface area contributed by atoms with E-state index >= 15 is 0 Å². The molecule has 5 nitrogen and oxygen atoms in total. The molecule has 1 rings (SSSR count). The third-order valence-corrected chi connectivity index (χ3v) is 3.26. The molecule has 0 aliphatic carbocycles. The number of aliphatic hydroxyl groups is 1. The van der Waals surface area contributed by atoms with Crippen molar-refractivity contribution in [1.82, 2.24) is 9.80 Å². The predicted octanol–water partition coefficient (Wildman–Crippen LogP) is 0.182. The van der Waals surface area contributed by atoms with E-state index in [4.69, 9.17) is 15.6 Å². The fourth-order valence-electron chi connectivity index (χ4n) is 2.24. The van der Waals surface area contributed by atoms with Crippen molar-refractivity contribution in [3.63, 3.8) is 0 Å². The van der Waals surface area contributed by atoms with Crippen LogP contribution in [-0.4, -0.2) is 60.3 Å². The lowest BCUT2D eigenvalue weighted by atomic mass is 10.1. The molecule has 1 aliphatic heterocycles. The topological polar surface area (TPSA) is 74.3 Å². The van der Waals surface area contributed by atoms with Gasteiger partial charge < -0.3 is 5.11 Å². The lowest BCUT2D eigenvalue weighted by Gasteiger charge is -2.38. The Bertz CT molecular complexity index is 286. The summed E-state index contributed by atoms with van der Waals surface area (Å²) in [4.78, 5) is 4.53. The normalized spacial score (nSPS) is 19.5. The Morgan fingerprint density at radius 1 is 1.12 bits per heavy atom. The largest absolute Gasteiger partial charge is 0.395 e. The van der Waals surface area contributed by atoms with Crippen LogP contribution in [0.4, 0.5) is 0 Å². The molecule has 0 aromatic heterocycles. The van der Waals surface area contributed by atoms with Crippen LogP contribution in [0.15, 0.2) is 0 Å². The lowest BCUT2D eigenvalue weighted by molar-refractivity contribution is 0.0822. The van der Waals surface area contributed by atoms with Crippen molar-refractivity contribution in [1.29, 1.82) is 10.5 Å². The molecule has 17 heavy (non-hydrogen) atoms. The van der Waals surface area contributed by atoms with Gasteiger partial charge in [-0.3, -0.25) is 9.80 Å². The first-order chi connectivity index (χ1) is 8.31. The molecule has 0 spiro atoms. The molecule has 1 heterocycles. The summed E-state index contributed by atoms with van der Waals surface area (Å²) >= 11 is 0. The quantitative estimate of drug-likeness (QED) is 0.712. The van der Waals surface area contributed by atoms with Crippen molar-refractivity contribution < 1.29 is 5.11 Å². The number of nitrogens with zero attached hydrogens (tertiary/aromatic N) is 4. The minimum Gasteiger partial charge on any atom is -0.395 e.